The van der Waals surface area contributed by atoms with Crippen molar-refractivity contribution in [1.82, 2.24) is 4.98 Å². The number of hydrogen-bond donors (Lipinski definition) is 1. The lowest BCUT2D eigenvalue weighted by Gasteiger charge is -2.13. The van der Waals surface area contributed by atoms with Crippen molar-refractivity contribution in [1.29, 1.82) is 0 Å². The third kappa shape index (κ3) is 2.63. The standard InChI is InChI=1S/C15H20N2O2/c1-9(2)12-7-11(5-6-13(12)18-4)15-14(8-16)19-10(3)17-15/h5-7,9H,8,16H2,1-4H3. The lowest BCUT2D eigenvalue weighted by atomic mass is 9.98. The Labute approximate surface area is 113 Å². The van der Waals surface area contributed by atoms with Gasteiger partial charge in [0.1, 0.15) is 17.2 Å². The lowest BCUT2D eigenvalue weighted by Crippen LogP contribution is -1.98. The molecule has 0 unspecified atom stereocenters. The van der Waals surface area contributed by atoms with E-state index >= 15 is 0 Å². The Morgan fingerprint density at radius 1 is 1.37 bits per heavy atom. The van der Waals surface area contributed by atoms with Gasteiger partial charge in [0.05, 0.1) is 13.7 Å². The van der Waals surface area contributed by atoms with Gasteiger partial charge in [-0.15, -0.1) is 0 Å². The average molecular weight is 260 g/mol. The summed E-state index contributed by atoms with van der Waals surface area (Å²) >= 11 is 0. The van der Waals surface area contributed by atoms with Crippen LogP contribution in [0.5, 0.6) is 5.75 Å². The van der Waals surface area contributed by atoms with Crippen LogP contribution in [-0.2, 0) is 6.54 Å². The van der Waals surface area contributed by atoms with Crippen molar-refractivity contribution in [3.8, 4) is 17.0 Å². The highest BCUT2D eigenvalue weighted by atomic mass is 16.5. The van der Waals surface area contributed by atoms with Crippen LogP contribution in [0.4, 0.5) is 0 Å². The van der Waals surface area contributed by atoms with Gasteiger partial charge in [0.15, 0.2) is 5.89 Å². The maximum absolute atomic E-state index is 5.70. The normalized spacial score (nSPS) is 11.1. The zero-order valence-electron chi connectivity index (χ0n) is 11.9. The summed E-state index contributed by atoms with van der Waals surface area (Å²) in [4.78, 5) is 4.42. The van der Waals surface area contributed by atoms with E-state index in [2.05, 4.69) is 24.9 Å². The maximum Gasteiger partial charge on any atom is 0.191 e. The average Bonchev–Trinajstić information content (AvgIpc) is 2.79. The number of benzene rings is 1. The van der Waals surface area contributed by atoms with E-state index in [0.29, 0.717) is 18.4 Å². The van der Waals surface area contributed by atoms with Crippen molar-refractivity contribution in [2.45, 2.75) is 33.2 Å². The van der Waals surface area contributed by atoms with Crippen LogP contribution in [0.2, 0.25) is 0 Å². The molecule has 0 fully saturated rings. The number of nitrogens with two attached hydrogens (primary N) is 1. The summed E-state index contributed by atoms with van der Waals surface area (Å²) in [6, 6.07) is 6.05. The van der Waals surface area contributed by atoms with Gasteiger partial charge in [-0.3, -0.25) is 0 Å². The van der Waals surface area contributed by atoms with Crippen LogP contribution < -0.4 is 10.5 Å². The molecule has 1 aromatic heterocycles. The van der Waals surface area contributed by atoms with Crippen LogP contribution >= 0.6 is 0 Å². The molecular weight excluding hydrogens is 240 g/mol. The number of aryl methyl sites for hydroxylation is 1. The van der Waals surface area contributed by atoms with E-state index < -0.39 is 0 Å². The lowest BCUT2D eigenvalue weighted by molar-refractivity contribution is 0.407. The number of methoxy groups -OCH3 is 1. The van der Waals surface area contributed by atoms with Crippen molar-refractivity contribution >= 4 is 0 Å². The smallest absolute Gasteiger partial charge is 0.191 e. The molecule has 102 valence electrons. The van der Waals surface area contributed by atoms with Gasteiger partial charge in [0.25, 0.3) is 0 Å². The summed E-state index contributed by atoms with van der Waals surface area (Å²) < 4.78 is 10.9. The van der Waals surface area contributed by atoms with Gasteiger partial charge in [0.2, 0.25) is 0 Å². The Bertz CT molecular complexity index is 574. The predicted octanol–water partition coefficient (Wildman–Crippen LogP) is 3.24. The molecule has 2 N–H and O–H groups in total. The van der Waals surface area contributed by atoms with Crippen molar-refractivity contribution in [3.05, 3.63) is 35.4 Å². The Morgan fingerprint density at radius 2 is 2.11 bits per heavy atom. The molecule has 0 saturated heterocycles. The predicted molar refractivity (Wildman–Crippen MR) is 75.2 cm³/mol. The molecular formula is C15H20N2O2. The summed E-state index contributed by atoms with van der Waals surface area (Å²) in [7, 11) is 1.69. The van der Waals surface area contributed by atoms with E-state index in [0.717, 1.165) is 28.3 Å². The largest absolute Gasteiger partial charge is 0.496 e. The molecule has 4 nitrogen and oxygen atoms in total. The van der Waals surface area contributed by atoms with Gasteiger partial charge in [0, 0.05) is 12.5 Å². The Hall–Kier alpha value is -1.81. The van der Waals surface area contributed by atoms with E-state index in [-0.39, 0.29) is 0 Å². The third-order valence-electron chi connectivity index (χ3n) is 3.11. The molecule has 0 saturated carbocycles. The number of oxazole rings is 1. The molecule has 2 rings (SSSR count). The summed E-state index contributed by atoms with van der Waals surface area (Å²) in [6.07, 6.45) is 0. The van der Waals surface area contributed by atoms with Crippen LogP contribution in [0.3, 0.4) is 0 Å². The molecule has 1 aromatic carbocycles. The van der Waals surface area contributed by atoms with E-state index in [1.165, 1.54) is 0 Å². The van der Waals surface area contributed by atoms with Crippen LogP contribution in [0.15, 0.2) is 22.6 Å². The highest BCUT2D eigenvalue weighted by molar-refractivity contribution is 5.64. The van der Waals surface area contributed by atoms with Crippen LogP contribution in [0.25, 0.3) is 11.3 Å². The molecule has 0 aliphatic rings. The second-order valence-electron chi connectivity index (χ2n) is 4.82. The molecule has 0 aliphatic heterocycles. The van der Waals surface area contributed by atoms with E-state index in [4.69, 9.17) is 14.9 Å². The summed E-state index contributed by atoms with van der Waals surface area (Å²) in [6.45, 7) is 6.45. The van der Waals surface area contributed by atoms with Gasteiger partial charge in [-0.2, -0.15) is 0 Å². The second kappa shape index (κ2) is 5.45. The first kappa shape index (κ1) is 13.6. The minimum Gasteiger partial charge on any atom is -0.496 e. The summed E-state index contributed by atoms with van der Waals surface area (Å²) in [5.74, 6) is 2.63. The Morgan fingerprint density at radius 3 is 2.68 bits per heavy atom. The molecule has 0 atom stereocenters. The Kier molecular flexibility index (Phi) is 3.90. The number of rotatable bonds is 4. The van der Waals surface area contributed by atoms with Gasteiger partial charge in [-0.1, -0.05) is 13.8 Å². The SMILES string of the molecule is COc1ccc(-c2nc(C)oc2CN)cc1C(C)C. The zero-order chi connectivity index (χ0) is 14.0. The van der Waals surface area contributed by atoms with Crippen molar-refractivity contribution < 1.29 is 9.15 Å². The van der Waals surface area contributed by atoms with Crippen LogP contribution in [-0.4, -0.2) is 12.1 Å². The van der Waals surface area contributed by atoms with Gasteiger partial charge < -0.3 is 14.9 Å². The van der Waals surface area contributed by atoms with Crippen molar-refractivity contribution in [3.63, 3.8) is 0 Å². The topological polar surface area (TPSA) is 61.3 Å². The quantitative estimate of drug-likeness (QED) is 0.916. The second-order valence-corrected chi connectivity index (χ2v) is 4.82. The molecule has 0 aliphatic carbocycles. The number of hydrogen-bond acceptors (Lipinski definition) is 4. The zero-order valence-corrected chi connectivity index (χ0v) is 11.9. The maximum atomic E-state index is 5.70. The van der Waals surface area contributed by atoms with Crippen LogP contribution in [0.1, 0.15) is 37.0 Å². The fourth-order valence-electron chi connectivity index (χ4n) is 2.17. The minimum atomic E-state index is 0.346. The van der Waals surface area contributed by atoms with E-state index in [9.17, 15) is 0 Å². The number of ether oxygens (including phenoxy) is 1. The number of aromatic nitrogens is 1. The first-order chi connectivity index (χ1) is 9.06. The molecule has 19 heavy (non-hydrogen) atoms. The first-order valence-corrected chi connectivity index (χ1v) is 6.41. The third-order valence-corrected chi connectivity index (χ3v) is 3.11. The first-order valence-electron chi connectivity index (χ1n) is 6.41. The molecule has 0 amide bonds. The molecule has 1 heterocycles. The van der Waals surface area contributed by atoms with Gasteiger partial charge in [-0.25, -0.2) is 4.98 Å². The fraction of sp³-hybridized carbons (Fsp3) is 0.400. The van der Waals surface area contributed by atoms with E-state index in [1.54, 1.807) is 7.11 Å². The minimum absolute atomic E-state index is 0.346. The molecule has 4 heteroatoms. The summed E-state index contributed by atoms with van der Waals surface area (Å²) in [5, 5.41) is 0. The molecule has 0 radical (unpaired) electrons. The fourth-order valence-corrected chi connectivity index (χ4v) is 2.17. The Balaban J connectivity index is 2.53. The monoisotopic (exact) mass is 260 g/mol. The van der Waals surface area contributed by atoms with Crippen molar-refractivity contribution in [2.75, 3.05) is 7.11 Å². The van der Waals surface area contributed by atoms with Gasteiger partial charge in [-0.05, 0) is 29.7 Å². The van der Waals surface area contributed by atoms with Gasteiger partial charge >= 0.3 is 0 Å². The molecule has 2 aromatic rings. The highest BCUT2D eigenvalue weighted by Crippen LogP contribution is 2.32. The van der Waals surface area contributed by atoms with Crippen LogP contribution in [0, 0.1) is 6.92 Å². The molecule has 0 bridgehead atoms. The summed E-state index contributed by atoms with van der Waals surface area (Å²) in [5.41, 5.74) is 8.69. The molecule has 0 spiro atoms. The number of nitrogens with zero attached hydrogens (tertiary/aromatic N) is 1. The highest BCUT2D eigenvalue weighted by Gasteiger charge is 2.15. The van der Waals surface area contributed by atoms with Crippen molar-refractivity contribution in [2.24, 2.45) is 5.73 Å². The van der Waals surface area contributed by atoms with E-state index in [1.807, 2.05) is 19.1 Å².